The van der Waals surface area contributed by atoms with E-state index in [0.29, 0.717) is 12.1 Å². The van der Waals surface area contributed by atoms with Gasteiger partial charge in [0.05, 0.1) is 0 Å². The molecule has 0 aromatic heterocycles. The summed E-state index contributed by atoms with van der Waals surface area (Å²) in [5.41, 5.74) is 0.798. The molecule has 5 nitrogen and oxygen atoms in total. The topological polar surface area (TPSA) is 36.0 Å². The van der Waals surface area contributed by atoms with E-state index in [-0.39, 0.29) is 5.91 Å². The van der Waals surface area contributed by atoms with Crippen LogP contribution in [0.25, 0.3) is 10.8 Å². The largest absolute Gasteiger partial charge is 0.490 e. The van der Waals surface area contributed by atoms with Crippen molar-refractivity contribution in [3.8, 4) is 5.75 Å². The van der Waals surface area contributed by atoms with Gasteiger partial charge in [-0.25, -0.2) is 0 Å². The number of piperidine rings is 1. The summed E-state index contributed by atoms with van der Waals surface area (Å²) in [5, 5.41) is 2.24. The van der Waals surface area contributed by atoms with E-state index in [1.165, 1.54) is 25.7 Å². The summed E-state index contributed by atoms with van der Waals surface area (Å²) in [6, 6.07) is 13.8. The summed E-state index contributed by atoms with van der Waals surface area (Å²) in [7, 11) is 0. The summed E-state index contributed by atoms with van der Waals surface area (Å²) in [6.45, 7) is 10.5. The predicted molar refractivity (Wildman–Crippen MR) is 134 cm³/mol. The molecule has 33 heavy (non-hydrogen) atoms. The molecule has 5 heteroatoms. The highest BCUT2D eigenvalue weighted by molar-refractivity contribution is 5.98. The molecule has 3 aliphatic rings. The Kier molecular flexibility index (Phi) is 6.89. The van der Waals surface area contributed by atoms with Crippen molar-refractivity contribution in [3.05, 3.63) is 42.0 Å². The smallest absolute Gasteiger partial charge is 0.253 e. The Morgan fingerprint density at radius 2 is 1.52 bits per heavy atom. The van der Waals surface area contributed by atoms with Crippen LogP contribution in [0.3, 0.4) is 0 Å². The number of carbonyl (C=O) groups excluding carboxylic acids is 1. The molecule has 0 bridgehead atoms. The first-order chi connectivity index (χ1) is 16.1. The molecule has 1 aliphatic carbocycles. The summed E-state index contributed by atoms with van der Waals surface area (Å²) in [5.74, 6) is 1.10. The van der Waals surface area contributed by atoms with E-state index < -0.39 is 0 Å². The summed E-state index contributed by atoms with van der Waals surface area (Å²) in [6.07, 6.45) is 7.86. The second-order valence-electron chi connectivity index (χ2n) is 10.4. The average Bonchev–Trinajstić information content (AvgIpc) is 3.39. The Hall–Kier alpha value is -2.11. The van der Waals surface area contributed by atoms with Crippen molar-refractivity contribution in [1.29, 1.82) is 0 Å². The number of rotatable bonds is 5. The number of likely N-dealkylation sites (tertiary alicyclic amines) is 1. The van der Waals surface area contributed by atoms with Crippen molar-refractivity contribution in [1.82, 2.24) is 14.7 Å². The highest BCUT2D eigenvalue weighted by Gasteiger charge is 2.28. The molecule has 1 saturated carbocycles. The van der Waals surface area contributed by atoms with Gasteiger partial charge >= 0.3 is 0 Å². The molecule has 2 aliphatic heterocycles. The van der Waals surface area contributed by atoms with E-state index in [4.69, 9.17) is 4.74 Å². The molecular weight excluding hydrogens is 410 g/mol. The number of nitrogens with zero attached hydrogens (tertiary/aromatic N) is 3. The zero-order valence-corrected chi connectivity index (χ0v) is 20.3. The third-order valence-corrected chi connectivity index (χ3v) is 8.01. The standard InChI is InChI=1S/C28H39N3O2/c1-21(2)29-13-11-26(12-14-29)33-27-10-9-22-19-24(8-7-23(22)20-27)28(32)31-17-15-30(16-18-31)25-5-3-4-6-25/h7-10,19-21,25-26H,3-6,11-18H2,1-2H3. The van der Waals surface area contributed by atoms with Crippen LogP contribution in [0, 0.1) is 0 Å². The monoisotopic (exact) mass is 449 g/mol. The van der Waals surface area contributed by atoms with E-state index in [2.05, 4.69) is 47.9 Å². The van der Waals surface area contributed by atoms with Crippen LogP contribution < -0.4 is 4.74 Å². The lowest BCUT2D eigenvalue weighted by atomic mass is 10.0. The van der Waals surface area contributed by atoms with E-state index in [0.717, 1.165) is 80.2 Å². The molecule has 3 fully saturated rings. The quantitative estimate of drug-likeness (QED) is 0.657. The van der Waals surface area contributed by atoms with Crippen LogP contribution in [0.4, 0.5) is 0 Å². The molecule has 0 spiro atoms. The van der Waals surface area contributed by atoms with Gasteiger partial charge in [0.25, 0.3) is 5.91 Å². The zero-order valence-electron chi connectivity index (χ0n) is 20.3. The van der Waals surface area contributed by atoms with Gasteiger partial charge < -0.3 is 14.5 Å². The summed E-state index contributed by atoms with van der Waals surface area (Å²) >= 11 is 0. The Labute approximate surface area is 198 Å². The van der Waals surface area contributed by atoms with Crippen molar-refractivity contribution in [2.75, 3.05) is 39.3 Å². The fourth-order valence-corrected chi connectivity index (χ4v) is 5.87. The van der Waals surface area contributed by atoms with E-state index in [1.54, 1.807) is 0 Å². The normalized spacial score (nSPS) is 21.8. The lowest BCUT2D eigenvalue weighted by Crippen LogP contribution is -2.51. The van der Waals surface area contributed by atoms with Crippen molar-refractivity contribution in [2.24, 2.45) is 0 Å². The average molecular weight is 450 g/mol. The van der Waals surface area contributed by atoms with Gasteiger partial charge in [-0.1, -0.05) is 25.0 Å². The van der Waals surface area contributed by atoms with Crippen LogP contribution in [-0.4, -0.2) is 78.1 Å². The minimum absolute atomic E-state index is 0.167. The number of benzene rings is 2. The third kappa shape index (κ3) is 5.20. The maximum absolute atomic E-state index is 13.2. The molecule has 0 atom stereocenters. The molecule has 5 rings (SSSR count). The lowest BCUT2D eigenvalue weighted by molar-refractivity contribution is 0.0573. The molecule has 0 unspecified atom stereocenters. The van der Waals surface area contributed by atoms with Crippen LogP contribution in [0.2, 0.25) is 0 Å². The van der Waals surface area contributed by atoms with Gasteiger partial charge in [0, 0.05) is 56.9 Å². The Balaban J connectivity index is 1.19. The SMILES string of the molecule is CC(C)N1CCC(Oc2ccc3cc(C(=O)N4CCN(C5CCCC5)CC4)ccc3c2)CC1. The van der Waals surface area contributed by atoms with Gasteiger partial charge in [0.15, 0.2) is 0 Å². The number of carbonyl (C=O) groups is 1. The van der Waals surface area contributed by atoms with Gasteiger partial charge in [-0.2, -0.15) is 0 Å². The van der Waals surface area contributed by atoms with Gasteiger partial charge in [-0.15, -0.1) is 0 Å². The maximum Gasteiger partial charge on any atom is 0.253 e. The Morgan fingerprint density at radius 3 is 2.21 bits per heavy atom. The van der Waals surface area contributed by atoms with Crippen LogP contribution >= 0.6 is 0 Å². The van der Waals surface area contributed by atoms with E-state index in [1.807, 2.05) is 17.0 Å². The number of fused-ring (bicyclic) bond motifs is 1. The van der Waals surface area contributed by atoms with E-state index in [9.17, 15) is 4.79 Å². The van der Waals surface area contributed by atoms with Crippen LogP contribution in [0.5, 0.6) is 5.75 Å². The number of amides is 1. The van der Waals surface area contributed by atoms with Crippen molar-refractivity contribution < 1.29 is 9.53 Å². The van der Waals surface area contributed by atoms with Crippen molar-refractivity contribution in [3.63, 3.8) is 0 Å². The predicted octanol–water partition coefficient (Wildman–Crippen LogP) is 4.79. The van der Waals surface area contributed by atoms with Gasteiger partial charge in [0.2, 0.25) is 0 Å². The highest BCUT2D eigenvalue weighted by Crippen LogP contribution is 2.27. The Bertz CT molecular complexity index is 953. The minimum Gasteiger partial charge on any atom is -0.490 e. The Morgan fingerprint density at radius 1 is 0.848 bits per heavy atom. The first-order valence-corrected chi connectivity index (χ1v) is 13.0. The maximum atomic E-state index is 13.2. The summed E-state index contributed by atoms with van der Waals surface area (Å²) in [4.78, 5) is 20.3. The molecule has 0 N–H and O–H groups in total. The number of hydrogen-bond acceptors (Lipinski definition) is 4. The molecule has 2 aromatic rings. The van der Waals surface area contributed by atoms with Gasteiger partial charge in [-0.05, 0) is 74.6 Å². The fraction of sp³-hybridized carbons (Fsp3) is 0.607. The fourth-order valence-electron chi connectivity index (χ4n) is 5.87. The lowest BCUT2D eigenvalue weighted by Gasteiger charge is -2.38. The summed E-state index contributed by atoms with van der Waals surface area (Å²) < 4.78 is 6.31. The molecule has 1 amide bonds. The number of piperazine rings is 1. The highest BCUT2D eigenvalue weighted by atomic mass is 16.5. The van der Waals surface area contributed by atoms with Gasteiger partial charge in [0.1, 0.15) is 11.9 Å². The van der Waals surface area contributed by atoms with Gasteiger partial charge in [-0.3, -0.25) is 9.69 Å². The molecule has 2 aromatic carbocycles. The minimum atomic E-state index is 0.167. The number of hydrogen-bond donors (Lipinski definition) is 0. The second kappa shape index (κ2) is 10.0. The number of ether oxygens (including phenoxy) is 1. The van der Waals surface area contributed by atoms with Crippen LogP contribution in [-0.2, 0) is 0 Å². The molecular formula is C28H39N3O2. The van der Waals surface area contributed by atoms with Crippen LogP contribution in [0.15, 0.2) is 36.4 Å². The van der Waals surface area contributed by atoms with Crippen LogP contribution in [0.1, 0.15) is 62.7 Å². The molecule has 0 radical (unpaired) electrons. The molecule has 2 heterocycles. The first-order valence-electron chi connectivity index (χ1n) is 13.0. The second-order valence-corrected chi connectivity index (χ2v) is 10.4. The van der Waals surface area contributed by atoms with E-state index >= 15 is 0 Å². The van der Waals surface area contributed by atoms with Crippen molar-refractivity contribution in [2.45, 2.75) is 70.6 Å². The van der Waals surface area contributed by atoms with Crippen molar-refractivity contribution >= 4 is 16.7 Å². The molecule has 178 valence electrons. The zero-order chi connectivity index (χ0) is 22.8. The third-order valence-electron chi connectivity index (χ3n) is 8.01. The molecule has 2 saturated heterocycles. The first kappa shape index (κ1) is 22.7.